The van der Waals surface area contributed by atoms with Gasteiger partial charge in [0.05, 0.1) is 27.7 Å². The first-order chi connectivity index (χ1) is 28.5. The van der Waals surface area contributed by atoms with Gasteiger partial charge in [-0.3, -0.25) is 14.2 Å². The molecule has 9 nitrogen and oxygen atoms in total. The van der Waals surface area contributed by atoms with E-state index in [1.54, 1.807) is 0 Å². The van der Waals surface area contributed by atoms with Crippen molar-refractivity contribution in [1.82, 2.24) is 0 Å². The van der Waals surface area contributed by atoms with Crippen LogP contribution in [0.4, 0.5) is 0 Å². The number of quaternary nitrogens is 1. The van der Waals surface area contributed by atoms with Crippen LogP contribution in [0.1, 0.15) is 200 Å². The minimum atomic E-state index is -4.63. The maximum atomic E-state index is 12.7. The monoisotopic (exact) mass is 852 g/mol. The standard InChI is InChI=1S/C49H90NO8P/c1-6-8-10-12-14-16-18-20-21-22-23-24-25-26-27-28-30-31-33-35-37-39-41-48(51)55-45-47(46-57-59(53,54)56-44-43-50(3,4)5)58-49(52)42-40-38-36-34-32-29-19-17-15-13-11-9-7-2/h9,11,13,15,17,19,25-26,47H,6-8,10,12,14,16,18,20-24,27-46H2,1-5H3/b11-9+,15-13+,19-17+,26-25+. The summed E-state index contributed by atoms with van der Waals surface area (Å²) >= 11 is 0. The predicted octanol–water partition coefficient (Wildman–Crippen LogP) is 13.2. The van der Waals surface area contributed by atoms with Crippen LogP contribution in [0.2, 0.25) is 0 Å². The summed E-state index contributed by atoms with van der Waals surface area (Å²) in [5.41, 5.74) is 0. The van der Waals surface area contributed by atoms with Crippen LogP contribution in [-0.4, -0.2) is 70.0 Å². The molecule has 0 heterocycles. The Bertz CT molecular complexity index is 1150. The maximum absolute atomic E-state index is 12.7. The van der Waals surface area contributed by atoms with Crippen molar-refractivity contribution in [3.63, 3.8) is 0 Å². The molecule has 0 aromatic heterocycles. The average molecular weight is 852 g/mol. The van der Waals surface area contributed by atoms with Crippen molar-refractivity contribution < 1.29 is 42.1 Å². The largest absolute Gasteiger partial charge is 0.756 e. The van der Waals surface area contributed by atoms with Crippen molar-refractivity contribution in [2.24, 2.45) is 0 Å². The van der Waals surface area contributed by atoms with Crippen molar-refractivity contribution in [3.05, 3.63) is 48.6 Å². The summed E-state index contributed by atoms with van der Waals surface area (Å²) < 4.78 is 33.9. The smallest absolute Gasteiger partial charge is 0.306 e. The van der Waals surface area contributed by atoms with E-state index < -0.39 is 32.5 Å². The number of carbonyl (C=O) groups is 2. The fourth-order valence-corrected chi connectivity index (χ4v) is 7.14. The van der Waals surface area contributed by atoms with Gasteiger partial charge >= 0.3 is 11.9 Å². The normalized spacial score (nSPS) is 13.9. The van der Waals surface area contributed by atoms with Gasteiger partial charge in [-0.25, -0.2) is 0 Å². The highest BCUT2D eigenvalue weighted by Crippen LogP contribution is 2.38. The Balaban J connectivity index is 4.25. The van der Waals surface area contributed by atoms with Gasteiger partial charge in [-0.15, -0.1) is 0 Å². The first-order valence-electron chi connectivity index (χ1n) is 23.9. The number of allylic oxidation sites excluding steroid dienone is 8. The number of nitrogens with zero attached hydrogens (tertiary/aromatic N) is 1. The lowest BCUT2D eigenvalue weighted by Gasteiger charge is -2.28. The minimum absolute atomic E-state index is 0.0371. The Kier molecular flexibility index (Phi) is 39.9. The van der Waals surface area contributed by atoms with Crippen LogP contribution in [0, 0.1) is 0 Å². The lowest BCUT2D eigenvalue weighted by atomic mass is 10.0. The summed E-state index contributed by atoms with van der Waals surface area (Å²) in [6.07, 6.45) is 48.6. The van der Waals surface area contributed by atoms with Gasteiger partial charge in [0.1, 0.15) is 19.8 Å². The van der Waals surface area contributed by atoms with E-state index in [0.717, 1.165) is 70.6 Å². The lowest BCUT2D eigenvalue weighted by Crippen LogP contribution is -2.37. The number of hydrogen-bond acceptors (Lipinski definition) is 8. The van der Waals surface area contributed by atoms with Gasteiger partial charge in [-0.2, -0.15) is 0 Å². The Morgan fingerprint density at radius 3 is 1.47 bits per heavy atom. The molecule has 59 heavy (non-hydrogen) atoms. The zero-order valence-corrected chi connectivity index (χ0v) is 39.6. The molecule has 2 atom stereocenters. The van der Waals surface area contributed by atoms with E-state index in [2.05, 4.69) is 44.2 Å². The lowest BCUT2D eigenvalue weighted by molar-refractivity contribution is -0.870. The fourth-order valence-electron chi connectivity index (χ4n) is 6.41. The van der Waals surface area contributed by atoms with Crippen LogP contribution >= 0.6 is 7.82 Å². The van der Waals surface area contributed by atoms with Gasteiger partial charge < -0.3 is 27.9 Å². The molecule has 2 unspecified atom stereocenters. The van der Waals surface area contributed by atoms with Crippen molar-refractivity contribution in [3.8, 4) is 0 Å². The molecule has 0 saturated carbocycles. The van der Waals surface area contributed by atoms with Crippen LogP contribution in [-0.2, 0) is 32.7 Å². The summed E-state index contributed by atoms with van der Waals surface area (Å²) in [5.74, 6) is -0.863. The zero-order valence-electron chi connectivity index (χ0n) is 38.7. The molecule has 0 bridgehead atoms. The first-order valence-corrected chi connectivity index (χ1v) is 25.3. The number of carbonyl (C=O) groups excluding carboxylic acids is 2. The quantitative estimate of drug-likeness (QED) is 0.0149. The Labute approximate surface area is 363 Å². The molecular formula is C49H90NO8P. The highest BCUT2D eigenvalue weighted by atomic mass is 31.2. The third kappa shape index (κ3) is 45.3. The van der Waals surface area contributed by atoms with Crippen molar-refractivity contribution >= 4 is 19.8 Å². The SMILES string of the molecule is CC/C=C/C=C/C=C/CCCCCCCC(=O)OC(COC(=O)CCCCCCCCC/C=C/CCCCCCCCCCCCC)COP(=O)([O-])OCC[N+](C)(C)C. The van der Waals surface area contributed by atoms with Crippen molar-refractivity contribution in [2.45, 2.75) is 206 Å². The summed E-state index contributed by atoms with van der Waals surface area (Å²) in [6.45, 7) is 4.07. The maximum Gasteiger partial charge on any atom is 0.306 e. The molecule has 0 aliphatic rings. The molecule has 0 saturated heterocycles. The number of ether oxygens (including phenoxy) is 2. The zero-order chi connectivity index (χ0) is 43.6. The number of likely N-dealkylation sites (N-methyl/N-ethyl adjacent to an activating group) is 1. The molecule has 0 rings (SSSR count). The molecule has 0 aliphatic carbocycles. The minimum Gasteiger partial charge on any atom is -0.756 e. The van der Waals surface area contributed by atoms with Crippen molar-refractivity contribution in [1.29, 1.82) is 0 Å². The van der Waals surface area contributed by atoms with Crippen LogP contribution < -0.4 is 4.89 Å². The molecule has 0 spiro atoms. The second-order valence-corrected chi connectivity index (χ2v) is 18.6. The predicted molar refractivity (Wildman–Crippen MR) is 245 cm³/mol. The third-order valence-electron chi connectivity index (χ3n) is 10.1. The number of phosphoric ester groups is 1. The molecule has 344 valence electrons. The second kappa shape index (κ2) is 41.3. The van der Waals surface area contributed by atoms with Crippen molar-refractivity contribution in [2.75, 3.05) is 47.5 Å². The Morgan fingerprint density at radius 1 is 0.542 bits per heavy atom. The Hall–Kier alpha value is -2.03. The van der Waals surface area contributed by atoms with E-state index in [1.165, 1.54) is 96.3 Å². The number of esters is 2. The van der Waals surface area contributed by atoms with Gasteiger partial charge in [-0.05, 0) is 57.8 Å². The fraction of sp³-hybridized carbons (Fsp3) is 0.796. The summed E-state index contributed by atoms with van der Waals surface area (Å²) in [6, 6.07) is 0. The molecule has 0 N–H and O–H groups in total. The highest BCUT2D eigenvalue weighted by Gasteiger charge is 2.21. The first kappa shape index (κ1) is 57.0. The molecule has 10 heteroatoms. The van der Waals surface area contributed by atoms with Crippen LogP contribution in [0.25, 0.3) is 0 Å². The van der Waals surface area contributed by atoms with E-state index in [0.29, 0.717) is 17.4 Å². The third-order valence-corrected chi connectivity index (χ3v) is 11.1. The second-order valence-electron chi connectivity index (χ2n) is 17.2. The molecular weight excluding hydrogens is 762 g/mol. The van der Waals surface area contributed by atoms with E-state index >= 15 is 0 Å². The molecule has 0 fully saturated rings. The molecule has 0 aliphatic heterocycles. The number of rotatable bonds is 43. The highest BCUT2D eigenvalue weighted by molar-refractivity contribution is 7.45. The van der Waals surface area contributed by atoms with Crippen LogP contribution in [0.5, 0.6) is 0 Å². The number of unbranched alkanes of at least 4 members (excludes halogenated alkanes) is 23. The molecule has 0 radical (unpaired) electrons. The van der Waals surface area contributed by atoms with E-state index in [1.807, 2.05) is 39.4 Å². The topological polar surface area (TPSA) is 111 Å². The van der Waals surface area contributed by atoms with E-state index in [-0.39, 0.29) is 26.1 Å². The summed E-state index contributed by atoms with van der Waals surface area (Å²) in [5, 5.41) is 0. The molecule has 0 aromatic carbocycles. The Morgan fingerprint density at radius 2 is 0.983 bits per heavy atom. The van der Waals surface area contributed by atoms with Gasteiger partial charge in [0.2, 0.25) is 0 Å². The van der Waals surface area contributed by atoms with Gasteiger partial charge in [0, 0.05) is 12.8 Å². The number of hydrogen-bond donors (Lipinski definition) is 0. The summed E-state index contributed by atoms with van der Waals surface area (Å²) in [7, 11) is 1.14. The van der Waals surface area contributed by atoms with E-state index in [9.17, 15) is 19.0 Å². The van der Waals surface area contributed by atoms with Gasteiger partial charge in [-0.1, -0.05) is 178 Å². The number of phosphoric acid groups is 1. The van der Waals surface area contributed by atoms with Gasteiger partial charge in [0.15, 0.2) is 6.10 Å². The van der Waals surface area contributed by atoms with E-state index in [4.69, 9.17) is 18.5 Å². The average Bonchev–Trinajstić information content (AvgIpc) is 3.19. The van der Waals surface area contributed by atoms with Crippen LogP contribution in [0.3, 0.4) is 0 Å². The van der Waals surface area contributed by atoms with Gasteiger partial charge in [0.25, 0.3) is 7.82 Å². The van der Waals surface area contributed by atoms with Crippen LogP contribution in [0.15, 0.2) is 48.6 Å². The molecule has 0 amide bonds. The molecule has 0 aromatic rings. The summed E-state index contributed by atoms with van der Waals surface area (Å²) in [4.78, 5) is 37.6.